The summed E-state index contributed by atoms with van der Waals surface area (Å²) < 4.78 is 1.92. The van der Waals surface area contributed by atoms with Crippen molar-refractivity contribution in [1.29, 1.82) is 0 Å². The number of halogens is 2. The molecule has 1 aromatic rings. The number of carbonyl (C=O) groups is 1. The predicted octanol–water partition coefficient (Wildman–Crippen LogP) is 3.26. The molecule has 0 saturated heterocycles. The van der Waals surface area contributed by atoms with Crippen molar-refractivity contribution in [3.8, 4) is 0 Å². The summed E-state index contributed by atoms with van der Waals surface area (Å²) in [5.74, 6) is -0.267. The van der Waals surface area contributed by atoms with E-state index in [0.717, 1.165) is 12.8 Å². The van der Waals surface area contributed by atoms with Gasteiger partial charge in [-0.3, -0.25) is 14.2 Å². The summed E-state index contributed by atoms with van der Waals surface area (Å²) in [6.07, 6.45) is 3.17. The Morgan fingerprint density at radius 1 is 1.32 bits per heavy atom. The van der Waals surface area contributed by atoms with Crippen LogP contribution in [0.15, 0.2) is 15.3 Å². The van der Waals surface area contributed by atoms with Crippen molar-refractivity contribution in [2.75, 3.05) is 0 Å². The zero-order chi connectivity index (χ0) is 14.2. The Balaban J connectivity index is 2.74. The van der Waals surface area contributed by atoms with Crippen molar-refractivity contribution in [1.82, 2.24) is 9.88 Å². The first kappa shape index (κ1) is 14.6. The van der Waals surface area contributed by atoms with Gasteiger partial charge >= 0.3 is 0 Å². The predicted molar refractivity (Wildman–Crippen MR) is 78.7 cm³/mol. The molecule has 4 nitrogen and oxygen atoms in total. The second kappa shape index (κ2) is 5.29. The maximum absolute atomic E-state index is 12.4. The molecule has 0 spiro atoms. The van der Waals surface area contributed by atoms with Gasteiger partial charge in [0.2, 0.25) is 0 Å². The molecular weight excluding hydrogens is 332 g/mol. The molecule has 2 heterocycles. The third kappa shape index (κ3) is 2.23. The van der Waals surface area contributed by atoms with Crippen LogP contribution in [0.2, 0.25) is 5.02 Å². The Kier molecular flexibility index (Phi) is 4.06. The van der Waals surface area contributed by atoms with E-state index in [-0.39, 0.29) is 17.2 Å². The fraction of sp³-hybridized carbons (Fsp3) is 0.538. The molecule has 1 aliphatic rings. The number of hydrogen-bond donors (Lipinski definition) is 1. The van der Waals surface area contributed by atoms with E-state index in [4.69, 9.17) is 11.6 Å². The highest BCUT2D eigenvalue weighted by molar-refractivity contribution is 9.10. The number of rotatable bonds is 4. The van der Waals surface area contributed by atoms with E-state index in [1.807, 2.05) is 13.8 Å². The molecule has 0 aliphatic carbocycles. The van der Waals surface area contributed by atoms with Gasteiger partial charge in [-0.2, -0.15) is 0 Å². The SMILES string of the molecule is CCCC1(CCC)NC(=O)c2c(Cl)cc(Br)c(=O)n21. The maximum atomic E-state index is 12.4. The highest BCUT2D eigenvalue weighted by Gasteiger charge is 2.43. The topological polar surface area (TPSA) is 51.1 Å². The molecule has 1 N–H and O–H groups in total. The van der Waals surface area contributed by atoms with Gasteiger partial charge in [0.1, 0.15) is 11.4 Å². The molecular formula is C13H16BrClN2O2. The van der Waals surface area contributed by atoms with Gasteiger partial charge in [-0.25, -0.2) is 0 Å². The molecule has 1 aliphatic heterocycles. The van der Waals surface area contributed by atoms with E-state index in [1.165, 1.54) is 10.6 Å². The minimum Gasteiger partial charge on any atom is -0.327 e. The minimum absolute atomic E-state index is 0.209. The first-order valence-corrected chi connectivity index (χ1v) is 7.58. The molecule has 0 fully saturated rings. The van der Waals surface area contributed by atoms with E-state index in [0.29, 0.717) is 22.3 Å². The Bertz CT molecular complexity index is 577. The van der Waals surface area contributed by atoms with Gasteiger partial charge in [-0.05, 0) is 34.8 Å². The highest BCUT2D eigenvalue weighted by Crippen LogP contribution is 2.34. The van der Waals surface area contributed by atoms with Crippen LogP contribution >= 0.6 is 27.5 Å². The lowest BCUT2D eigenvalue weighted by atomic mass is 9.98. The molecule has 19 heavy (non-hydrogen) atoms. The molecule has 1 aromatic heterocycles. The monoisotopic (exact) mass is 346 g/mol. The molecule has 0 radical (unpaired) electrons. The zero-order valence-corrected chi connectivity index (χ0v) is 13.3. The maximum Gasteiger partial charge on any atom is 0.271 e. The van der Waals surface area contributed by atoms with Crippen molar-refractivity contribution < 1.29 is 4.79 Å². The summed E-state index contributed by atoms with van der Waals surface area (Å²) in [4.78, 5) is 24.5. The highest BCUT2D eigenvalue weighted by atomic mass is 79.9. The standard InChI is InChI=1S/C13H16BrClN2O2/c1-3-5-13(6-4-2)16-11(18)10-9(15)7-8(14)12(19)17(10)13/h7H,3-6H2,1-2H3,(H,16,18). The molecule has 0 bridgehead atoms. The second-order valence-electron chi connectivity index (χ2n) is 4.82. The summed E-state index contributed by atoms with van der Waals surface area (Å²) in [6.45, 7) is 4.07. The van der Waals surface area contributed by atoms with Crippen LogP contribution in [0.4, 0.5) is 0 Å². The fourth-order valence-corrected chi connectivity index (χ4v) is 3.62. The van der Waals surface area contributed by atoms with E-state index < -0.39 is 5.66 Å². The summed E-state index contributed by atoms with van der Waals surface area (Å²) in [5.41, 5.74) is -0.572. The number of pyridine rings is 1. The Morgan fingerprint density at radius 2 is 1.89 bits per heavy atom. The quantitative estimate of drug-likeness (QED) is 0.909. The molecule has 1 amide bonds. The van der Waals surface area contributed by atoms with Crippen LogP contribution in [0.3, 0.4) is 0 Å². The van der Waals surface area contributed by atoms with Crippen molar-refractivity contribution in [3.05, 3.63) is 31.6 Å². The van der Waals surface area contributed by atoms with Gasteiger partial charge in [0.25, 0.3) is 11.5 Å². The second-order valence-corrected chi connectivity index (χ2v) is 6.08. The third-order valence-corrected chi connectivity index (χ3v) is 4.28. The number of amides is 1. The average Bonchev–Trinajstić information content (AvgIpc) is 2.61. The number of hydrogen-bond acceptors (Lipinski definition) is 2. The first-order valence-electron chi connectivity index (χ1n) is 6.41. The molecule has 0 aromatic carbocycles. The van der Waals surface area contributed by atoms with Gasteiger partial charge in [0.15, 0.2) is 0 Å². The minimum atomic E-state index is -0.638. The number of nitrogens with one attached hydrogen (secondary N) is 1. The largest absolute Gasteiger partial charge is 0.327 e. The van der Waals surface area contributed by atoms with Crippen LogP contribution in [0, 0.1) is 0 Å². The Morgan fingerprint density at radius 3 is 2.42 bits per heavy atom. The van der Waals surface area contributed by atoms with Crippen LogP contribution in [0.25, 0.3) is 0 Å². The van der Waals surface area contributed by atoms with Gasteiger partial charge < -0.3 is 5.32 Å². The number of aromatic nitrogens is 1. The van der Waals surface area contributed by atoms with Crippen LogP contribution in [-0.4, -0.2) is 10.5 Å². The van der Waals surface area contributed by atoms with Gasteiger partial charge in [0.05, 0.1) is 9.50 Å². The van der Waals surface area contributed by atoms with Crippen molar-refractivity contribution in [2.45, 2.75) is 45.2 Å². The van der Waals surface area contributed by atoms with Crippen molar-refractivity contribution >= 4 is 33.4 Å². The lowest BCUT2D eigenvalue weighted by Gasteiger charge is -2.31. The average molecular weight is 348 g/mol. The molecule has 6 heteroatoms. The zero-order valence-electron chi connectivity index (χ0n) is 10.9. The molecule has 0 saturated carbocycles. The lowest BCUT2D eigenvalue weighted by Crippen LogP contribution is -2.47. The summed E-state index contributed by atoms with van der Waals surface area (Å²) in [7, 11) is 0. The Labute approximate surface area is 125 Å². The number of nitrogens with zero attached hydrogens (tertiary/aromatic N) is 1. The normalized spacial score (nSPS) is 16.3. The first-order chi connectivity index (χ1) is 8.96. The fourth-order valence-electron chi connectivity index (χ4n) is 2.80. The van der Waals surface area contributed by atoms with Crippen LogP contribution in [-0.2, 0) is 5.66 Å². The summed E-state index contributed by atoms with van der Waals surface area (Å²) in [6, 6.07) is 1.49. The van der Waals surface area contributed by atoms with Crippen LogP contribution in [0.5, 0.6) is 0 Å². The molecule has 2 rings (SSSR count). The molecule has 0 unspecified atom stereocenters. The molecule has 0 atom stereocenters. The van der Waals surface area contributed by atoms with E-state index >= 15 is 0 Å². The third-order valence-electron chi connectivity index (χ3n) is 3.43. The van der Waals surface area contributed by atoms with Crippen molar-refractivity contribution in [2.24, 2.45) is 0 Å². The number of fused-ring (bicyclic) bond motifs is 1. The smallest absolute Gasteiger partial charge is 0.271 e. The van der Waals surface area contributed by atoms with Crippen LogP contribution < -0.4 is 10.9 Å². The van der Waals surface area contributed by atoms with E-state index in [1.54, 1.807) is 0 Å². The van der Waals surface area contributed by atoms with Gasteiger partial charge in [0, 0.05) is 0 Å². The van der Waals surface area contributed by atoms with Crippen LogP contribution in [0.1, 0.15) is 50.0 Å². The van der Waals surface area contributed by atoms with Crippen molar-refractivity contribution in [3.63, 3.8) is 0 Å². The Hall–Kier alpha value is -0.810. The summed E-state index contributed by atoms with van der Waals surface area (Å²) in [5, 5.41) is 3.27. The van der Waals surface area contributed by atoms with E-state index in [9.17, 15) is 9.59 Å². The van der Waals surface area contributed by atoms with Gasteiger partial charge in [-0.15, -0.1) is 0 Å². The number of carbonyl (C=O) groups excluding carboxylic acids is 1. The lowest BCUT2D eigenvalue weighted by molar-refractivity contribution is 0.0900. The summed E-state index contributed by atoms with van der Waals surface area (Å²) >= 11 is 9.34. The van der Waals surface area contributed by atoms with Gasteiger partial charge in [-0.1, -0.05) is 38.3 Å². The molecule has 104 valence electrons. The van der Waals surface area contributed by atoms with E-state index in [2.05, 4.69) is 21.2 Å².